The Morgan fingerprint density at radius 2 is 1.81 bits per heavy atom. The van der Waals surface area contributed by atoms with Gasteiger partial charge in [0.15, 0.2) is 0 Å². The number of likely N-dealkylation sites (tertiary alicyclic amines) is 2. The number of benzene rings is 2. The minimum Gasteiger partial charge on any atom is -0.507 e. The molecule has 4 rings (SSSR count). The van der Waals surface area contributed by atoms with Crippen molar-refractivity contribution < 1.29 is 9.90 Å². The van der Waals surface area contributed by atoms with Gasteiger partial charge < -0.3 is 14.9 Å². The molecule has 0 aliphatic carbocycles. The van der Waals surface area contributed by atoms with Gasteiger partial charge in [0.1, 0.15) is 5.75 Å². The molecule has 1 atom stereocenters. The molecule has 2 aliphatic heterocycles. The first kappa shape index (κ1) is 18.3. The molecule has 1 unspecified atom stereocenters. The van der Waals surface area contributed by atoms with Crippen LogP contribution in [-0.4, -0.2) is 78.1 Å². The Bertz CT molecular complexity index is 829. The molecule has 0 saturated carbocycles. The van der Waals surface area contributed by atoms with Gasteiger partial charge in [-0.15, -0.1) is 0 Å². The zero-order valence-electron chi connectivity index (χ0n) is 16.3. The Hall–Kier alpha value is -2.11. The van der Waals surface area contributed by atoms with E-state index in [1.54, 1.807) is 6.07 Å². The molecule has 0 spiro atoms. The van der Waals surface area contributed by atoms with E-state index < -0.39 is 0 Å². The van der Waals surface area contributed by atoms with E-state index >= 15 is 0 Å². The van der Waals surface area contributed by atoms with E-state index in [9.17, 15) is 9.90 Å². The predicted octanol–water partition coefficient (Wildman–Crippen LogP) is 2.79. The summed E-state index contributed by atoms with van der Waals surface area (Å²) in [5.41, 5.74) is 0.424. The number of carbonyl (C=O) groups excluding carboxylic acids is 1. The van der Waals surface area contributed by atoms with Gasteiger partial charge in [-0.2, -0.15) is 0 Å². The Morgan fingerprint density at radius 1 is 1.07 bits per heavy atom. The lowest BCUT2D eigenvalue weighted by Crippen LogP contribution is -2.45. The third-order valence-corrected chi connectivity index (χ3v) is 6.39. The van der Waals surface area contributed by atoms with Gasteiger partial charge in [0.2, 0.25) is 0 Å². The fraction of sp³-hybridized carbons (Fsp3) is 0.500. The van der Waals surface area contributed by atoms with Crippen molar-refractivity contribution in [2.75, 3.05) is 40.3 Å². The summed E-state index contributed by atoms with van der Waals surface area (Å²) in [5.74, 6) is -0.0183. The van der Waals surface area contributed by atoms with Crippen molar-refractivity contribution in [3.63, 3.8) is 0 Å². The molecular formula is C22H29N3O2. The van der Waals surface area contributed by atoms with Crippen LogP contribution < -0.4 is 0 Å². The first-order chi connectivity index (χ1) is 13.0. The van der Waals surface area contributed by atoms with Crippen molar-refractivity contribution in [1.29, 1.82) is 0 Å². The third kappa shape index (κ3) is 3.54. The van der Waals surface area contributed by atoms with E-state index in [2.05, 4.69) is 16.8 Å². The molecule has 5 heteroatoms. The summed E-state index contributed by atoms with van der Waals surface area (Å²) < 4.78 is 0. The van der Waals surface area contributed by atoms with Crippen molar-refractivity contribution in [1.82, 2.24) is 14.7 Å². The third-order valence-electron chi connectivity index (χ3n) is 6.39. The van der Waals surface area contributed by atoms with Crippen LogP contribution in [0.5, 0.6) is 5.75 Å². The van der Waals surface area contributed by atoms with Crippen LogP contribution in [0.1, 0.15) is 29.6 Å². The highest BCUT2D eigenvalue weighted by atomic mass is 16.3. The van der Waals surface area contributed by atoms with Crippen LogP contribution in [0.25, 0.3) is 10.8 Å². The second-order valence-electron chi connectivity index (χ2n) is 8.07. The number of phenolic OH excluding ortho intramolecular Hbond substituents is 1. The van der Waals surface area contributed by atoms with E-state index in [-0.39, 0.29) is 17.7 Å². The quantitative estimate of drug-likeness (QED) is 0.906. The van der Waals surface area contributed by atoms with Crippen molar-refractivity contribution in [3.8, 4) is 5.75 Å². The second kappa shape index (κ2) is 7.49. The number of carbonyl (C=O) groups is 1. The smallest absolute Gasteiger partial charge is 0.258 e. The molecular weight excluding hydrogens is 338 g/mol. The number of hydrogen-bond acceptors (Lipinski definition) is 4. The Balaban J connectivity index is 1.50. The molecule has 0 aromatic heterocycles. The lowest BCUT2D eigenvalue weighted by Gasteiger charge is -2.35. The van der Waals surface area contributed by atoms with Crippen molar-refractivity contribution >= 4 is 16.7 Å². The molecule has 1 amide bonds. The zero-order valence-corrected chi connectivity index (χ0v) is 16.3. The SMILES string of the molecule is CN1CCC(N2CCC(N(C)C(=O)c3c(O)ccc4ccccc34)C2)CC1. The van der Waals surface area contributed by atoms with Gasteiger partial charge in [0.05, 0.1) is 5.56 Å². The lowest BCUT2D eigenvalue weighted by molar-refractivity contribution is 0.0720. The van der Waals surface area contributed by atoms with E-state index in [1.807, 2.05) is 42.3 Å². The Kier molecular flexibility index (Phi) is 5.06. The number of rotatable bonds is 3. The normalized spacial score (nSPS) is 22.4. The highest BCUT2D eigenvalue weighted by Gasteiger charge is 2.34. The van der Waals surface area contributed by atoms with Crippen LogP contribution >= 0.6 is 0 Å². The van der Waals surface area contributed by atoms with E-state index in [4.69, 9.17) is 0 Å². The maximum absolute atomic E-state index is 13.2. The summed E-state index contributed by atoms with van der Waals surface area (Å²) in [6.07, 6.45) is 3.43. The summed E-state index contributed by atoms with van der Waals surface area (Å²) in [6, 6.07) is 12.1. The van der Waals surface area contributed by atoms with Crippen LogP contribution in [0.3, 0.4) is 0 Å². The van der Waals surface area contributed by atoms with Gasteiger partial charge in [-0.05, 0) is 56.2 Å². The maximum atomic E-state index is 13.2. The van der Waals surface area contributed by atoms with Crippen LogP contribution in [0.4, 0.5) is 0 Å². The monoisotopic (exact) mass is 367 g/mol. The number of fused-ring (bicyclic) bond motifs is 1. The average molecular weight is 367 g/mol. The number of aromatic hydroxyl groups is 1. The molecule has 0 bridgehead atoms. The summed E-state index contributed by atoms with van der Waals surface area (Å²) in [7, 11) is 4.07. The minimum absolute atomic E-state index is 0.0655. The summed E-state index contributed by atoms with van der Waals surface area (Å²) in [6.45, 7) is 4.30. The highest BCUT2D eigenvalue weighted by molar-refractivity contribution is 6.09. The molecule has 2 heterocycles. The first-order valence-corrected chi connectivity index (χ1v) is 9.95. The standard InChI is InChI=1S/C22H29N3O2/c1-23-12-9-17(10-13-23)25-14-11-18(15-25)24(2)22(27)21-19-6-4-3-5-16(19)7-8-20(21)26/h3-8,17-18,26H,9-15H2,1-2H3. The molecule has 1 N–H and O–H groups in total. The molecule has 27 heavy (non-hydrogen) atoms. The lowest BCUT2D eigenvalue weighted by atomic mass is 10.0. The summed E-state index contributed by atoms with van der Waals surface area (Å²) in [4.78, 5) is 20.0. The number of amides is 1. The van der Waals surface area contributed by atoms with E-state index in [0.717, 1.165) is 43.4 Å². The van der Waals surface area contributed by atoms with Crippen molar-refractivity contribution in [2.24, 2.45) is 0 Å². The molecule has 2 fully saturated rings. The van der Waals surface area contributed by atoms with Crippen molar-refractivity contribution in [2.45, 2.75) is 31.3 Å². The number of piperidine rings is 1. The predicted molar refractivity (Wildman–Crippen MR) is 108 cm³/mol. The Morgan fingerprint density at radius 3 is 2.59 bits per heavy atom. The van der Waals surface area contributed by atoms with Crippen LogP contribution in [0.15, 0.2) is 36.4 Å². The van der Waals surface area contributed by atoms with Gasteiger partial charge in [-0.25, -0.2) is 0 Å². The van der Waals surface area contributed by atoms with Gasteiger partial charge in [0.25, 0.3) is 5.91 Å². The molecule has 2 aromatic rings. The largest absolute Gasteiger partial charge is 0.507 e. The summed E-state index contributed by atoms with van der Waals surface area (Å²) >= 11 is 0. The van der Waals surface area contributed by atoms with Gasteiger partial charge >= 0.3 is 0 Å². The first-order valence-electron chi connectivity index (χ1n) is 9.95. The van der Waals surface area contributed by atoms with Crippen LogP contribution in [0, 0.1) is 0 Å². The molecule has 2 aliphatic rings. The minimum atomic E-state index is -0.0838. The highest BCUT2D eigenvalue weighted by Crippen LogP contribution is 2.30. The fourth-order valence-electron chi connectivity index (χ4n) is 4.60. The average Bonchev–Trinajstić information content (AvgIpc) is 3.17. The van der Waals surface area contributed by atoms with Crippen molar-refractivity contribution in [3.05, 3.63) is 42.0 Å². The second-order valence-corrected chi connectivity index (χ2v) is 8.07. The molecule has 5 nitrogen and oxygen atoms in total. The number of hydrogen-bond donors (Lipinski definition) is 1. The van der Waals surface area contributed by atoms with Gasteiger partial charge in [-0.3, -0.25) is 9.69 Å². The topological polar surface area (TPSA) is 47.0 Å². The number of likely N-dealkylation sites (N-methyl/N-ethyl adjacent to an activating group) is 1. The summed E-state index contributed by atoms with van der Waals surface area (Å²) in [5, 5.41) is 12.2. The fourth-order valence-corrected chi connectivity index (χ4v) is 4.60. The maximum Gasteiger partial charge on any atom is 0.258 e. The number of phenols is 1. The van der Waals surface area contributed by atoms with E-state index in [1.165, 1.54) is 12.8 Å². The molecule has 2 aromatic carbocycles. The van der Waals surface area contributed by atoms with Crippen LogP contribution in [0.2, 0.25) is 0 Å². The molecule has 2 saturated heterocycles. The van der Waals surface area contributed by atoms with Gasteiger partial charge in [0, 0.05) is 32.2 Å². The number of nitrogens with zero attached hydrogens (tertiary/aromatic N) is 3. The molecule has 0 radical (unpaired) electrons. The van der Waals surface area contributed by atoms with Gasteiger partial charge in [-0.1, -0.05) is 30.3 Å². The van der Waals surface area contributed by atoms with Crippen LogP contribution in [-0.2, 0) is 0 Å². The molecule has 144 valence electrons. The zero-order chi connectivity index (χ0) is 19.0. The Labute approximate surface area is 161 Å². The van der Waals surface area contributed by atoms with E-state index in [0.29, 0.717) is 11.6 Å².